The molecule has 1 saturated carbocycles. The molecule has 1 aliphatic heterocycles. The van der Waals surface area contributed by atoms with Crippen molar-refractivity contribution in [2.45, 2.75) is 25.3 Å². The van der Waals surface area contributed by atoms with E-state index in [2.05, 4.69) is 51.6 Å². The normalized spacial score (nSPS) is 15.9. The monoisotopic (exact) mass is 496 g/mol. The largest absolute Gasteiger partial charge is 0.338 e. The van der Waals surface area contributed by atoms with Crippen LogP contribution in [0.3, 0.4) is 0 Å². The summed E-state index contributed by atoms with van der Waals surface area (Å²) in [5.41, 5.74) is 3.40. The molecule has 2 aliphatic rings. The Morgan fingerprint density at radius 1 is 0.973 bits per heavy atom. The highest BCUT2D eigenvalue weighted by Crippen LogP contribution is 2.39. The molecule has 0 unspecified atom stereocenters. The van der Waals surface area contributed by atoms with E-state index >= 15 is 0 Å². The maximum Gasteiger partial charge on any atom is 0.275 e. The van der Waals surface area contributed by atoms with Crippen LogP contribution in [0.1, 0.15) is 40.5 Å². The van der Waals surface area contributed by atoms with Gasteiger partial charge in [-0.15, -0.1) is 0 Å². The quantitative estimate of drug-likeness (QED) is 0.337. The second-order valence-corrected chi connectivity index (χ2v) is 9.35. The zero-order valence-electron chi connectivity index (χ0n) is 20.3. The first-order valence-corrected chi connectivity index (χ1v) is 12.5. The molecular weight excluding hydrogens is 468 g/mol. The molecule has 0 bridgehead atoms. The van der Waals surface area contributed by atoms with Crippen LogP contribution in [0, 0.1) is 0 Å². The lowest BCUT2D eigenvalue weighted by Crippen LogP contribution is -2.46. The molecule has 4 aromatic rings. The fourth-order valence-electron chi connectivity index (χ4n) is 4.37. The first-order valence-electron chi connectivity index (χ1n) is 12.5. The number of hydrogen-bond donors (Lipinski definition) is 3. The van der Waals surface area contributed by atoms with E-state index in [1.807, 2.05) is 30.3 Å². The minimum atomic E-state index is -0.272. The van der Waals surface area contributed by atoms with Gasteiger partial charge in [0.05, 0.1) is 6.20 Å². The summed E-state index contributed by atoms with van der Waals surface area (Å²) < 4.78 is 0. The standard InChI is InChI=1S/C26H28N10O/c37-25(22-16-27-9-10-28-22)30-20-5-1-18(2-6-20)17-35-11-13-36(14-12-35)26-29-8-7-23(32-26)31-24-15-21(33-34-24)19-3-4-19/h1-2,5-10,15-16,19H,3-4,11-14,17H2,(H,30,37)(H2,29,31,32,33,34). The van der Waals surface area contributed by atoms with Crippen LogP contribution in [-0.2, 0) is 6.54 Å². The molecule has 11 nitrogen and oxygen atoms in total. The molecule has 11 heteroatoms. The van der Waals surface area contributed by atoms with Gasteiger partial charge in [0.15, 0.2) is 5.82 Å². The van der Waals surface area contributed by atoms with Crippen LogP contribution in [0.25, 0.3) is 0 Å². The van der Waals surface area contributed by atoms with E-state index in [0.717, 1.165) is 56.0 Å². The summed E-state index contributed by atoms with van der Waals surface area (Å²) in [5.74, 6) is 2.62. The zero-order valence-corrected chi connectivity index (χ0v) is 20.3. The molecule has 1 amide bonds. The van der Waals surface area contributed by atoms with Crippen LogP contribution in [0.2, 0.25) is 0 Å². The Hall–Kier alpha value is -4.38. The van der Waals surface area contributed by atoms with Crippen LogP contribution in [-0.4, -0.2) is 67.1 Å². The van der Waals surface area contributed by atoms with Gasteiger partial charge in [-0.05, 0) is 36.6 Å². The third-order valence-electron chi connectivity index (χ3n) is 6.58. The van der Waals surface area contributed by atoms with Crippen molar-refractivity contribution < 1.29 is 4.79 Å². The molecular formula is C26H28N10O. The van der Waals surface area contributed by atoms with Crippen molar-refractivity contribution in [1.82, 2.24) is 35.0 Å². The predicted molar refractivity (Wildman–Crippen MR) is 140 cm³/mol. The smallest absolute Gasteiger partial charge is 0.275 e. The summed E-state index contributed by atoms with van der Waals surface area (Å²) in [7, 11) is 0. The fourth-order valence-corrected chi connectivity index (χ4v) is 4.37. The molecule has 3 N–H and O–H groups in total. The van der Waals surface area contributed by atoms with E-state index in [-0.39, 0.29) is 5.91 Å². The maximum absolute atomic E-state index is 12.3. The van der Waals surface area contributed by atoms with E-state index < -0.39 is 0 Å². The third-order valence-corrected chi connectivity index (χ3v) is 6.58. The van der Waals surface area contributed by atoms with Crippen LogP contribution >= 0.6 is 0 Å². The van der Waals surface area contributed by atoms with Crippen LogP contribution < -0.4 is 15.5 Å². The lowest BCUT2D eigenvalue weighted by atomic mass is 10.1. The number of carbonyl (C=O) groups is 1. The van der Waals surface area contributed by atoms with Gasteiger partial charge in [-0.3, -0.25) is 19.8 Å². The van der Waals surface area contributed by atoms with Crippen LogP contribution in [0.15, 0.2) is 61.2 Å². The number of hydrogen-bond acceptors (Lipinski definition) is 9. The van der Waals surface area contributed by atoms with Crippen LogP contribution in [0.4, 0.5) is 23.3 Å². The van der Waals surface area contributed by atoms with Gasteiger partial charge >= 0.3 is 0 Å². The number of benzene rings is 1. The maximum atomic E-state index is 12.3. The van der Waals surface area contributed by atoms with E-state index in [1.165, 1.54) is 36.5 Å². The molecule has 4 heterocycles. The van der Waals surface area contributed by atoms with E-state index in [4.69, 9.17) is 4.98 Å². The van der Waals surface area contributed by atoms with Gasteiger partial charge in [0.2, 0.25) is 5.95 Å². The summed E-state index contributed by atoms with van der Waals surface area (Å²) >= 11 is 0. The number of nitrogens with zero attached hydrogens (tertiary/aromatic N) is 7. The van der Waals surface area contributed by atoms with Crippen molar-refractivity contribution in [2.75, 3.05) is 41.7 Å². The highest BCUT2D eigenvalue weighted by molar-refractivity contribution is 6.02. The minimum Gasteiger partial charge on any atom is -0.338 e. The van der Waals surface area contributed by atoms with Crippen molar-refractivity contribution in [3.8, 4) is 0 Å². The van der Waals surface area contributed by atoms with Gasteiger partial charge in [-0.2, -0.15) is 10.1 Å². The summed E-state index contributed by atoms with van der Waals surface area (Å²) in [5, 5.41) is 13.6. The number of carbonyl (C=O) groups excluding carboxylic acids is 1. The average Bonchev–Trinajstić information content (AvgIpc) is 3.69. The van der Waals surface area contributed by atoms with Gasteiger partial charge in [-0.25, -0.2) is 9.97 Å². The van der Waals surface area contributed by atoms with Crippen molar-refractivity contribution in [1.29, 1.82) is 0 Å². The molecule has 0 spiro atoms. The molecule has 0 radical (unpaired) electrons. The number of nitrogens with one attached hydrogen (secondary N) is 3. The summed E-state index contributed by atoms with van der Waals surface area (Å²) in [6, 6.07) is 11.8. The fraction of sp³-hybridized carbons (Fsp3) is 0.308. The Labute approximate surface area is 214 Å². The highest BCUT2D eigenvalue weighted by atomic mass is 16.1. The Balaban J connectivity index is 0.997. The zero-order chi connectivity index (χ0) is 25.0. The second-order valence-electron chi connectivity index (χ2n) is 9.35. The number of aromatic nitrogens is 6. The number of H-pyrrole nitrogens is 1. The molecule has 6 rings (SSSR count). The SMILES string of the molecule is O=C(Nc1ccc(CN2CCN(c3nccc(Nc4cc(C5CC5)[nH]n4)n3)CC2)cc1)c1cnccn1. The van der Waals surface area contributed by atoms with Crippen molar-refractivity contribution in [3.05, 3.63) is 78.1 Å². The molecule has 37 heavy (non-hydrogen) atoms. The molecule has 1 saturated heterocycles. The molecule has 0 atom stereocenters. The molecule has 2 fully saturated rings. The number of aromatic amines is 1. The lowest BCUT2D eigenvalue weighted by molar-refractivity contribution is 0.102. The van der Waals surface area contributed by atoms with Crippen molar-refractivity contribution >= 4 is 29.2 Å². The Morgan fingerprint density at radius 3 is 2.57 bits per heavy atom. The van der Waals surface area contributed by atoms with Gasteiger partial charge in [0.25, 0.3) is 5.91 Å². The minimum absolute atomic E-state index is 0.272. The number of piperazine rings is 1. The summed E-state index contributed by atoms with van der Waals surface area (Å²) in [4.78, 5) is 34.1. The molecule has 3 aromatic heterocycles. The summed E-state index contributed by atoms with van der Waals surface area (Å²) in [6.07, 6.45) is 8.75. The average molecular weight is 497 g/mol. The lowest BCUT2D eigenvalue weighted by Gasteiger charge is -2.34. The van der Waals surface area contributed by atoms with Gasteiger partial charge in [0, 0.05) is 74.7 Å². The number of rotatable bonds is 8. The molecule has 188 valence electrons. The van der Waals surface area contributed by atoms with Gasteiger partial charge < -0.3 is 15.5 Å². The van der Waals surface area contributed by atoms with Gasteiger partial charge in [-0.1, -0.05) is 12.1 Å². The van der Waals surface area contributed by atoms with E-state index in [0.29, 0.717) is 11.6 Å². The molecule has 1 aromatic carbocycles. The third kappa shape index (κ3) is 5.72. The number of anilines is 4. The Morgan fingerprint density at radius 2 is 1.81 bits per heavy atom. The van der Waals surface area contributed by atoms with E-state index in [9.17, 15) is 4.79 Å². The Bertz CT molecular complexity index is 1350. The topological polar surface area (TPSA) is 128 Å². The van der Waals surface area contributed by atoms with Crippen LogP contribution in [0.5, 0.6) is 0 Å². The second kappa shape index (κ2) is 10.3. The van der Waals surface area contributed by atoms with Crippen molar-refractivity contribution in [3.63, 3.8) is 0 Å². The first-order chi connectivity index (χ1) is 18.2. The first kappa shape index (κ1) is 23.0. The predicted octanol–water partition coefficient (Wildman–Crippen LogP) is 3.19. The van der Waals surface area contributed by atoms with Crippen molar-refractivity contribution in [2.24, 2.45) is 0 Å². The Kier molecular flexibility index (Phi) is 6.42. The van der Waals surface area contributed by atoms with Gasteiger partial charge in [0.1, 0.15) is 11.5 Å². The highest BCUT2D eigenvalue weighted by Gasteiger charge is 2.25. The summed E-state index contributed by atoms with van der Waals surface area (Å²) in [6.45, 7) is 4.37. The molecule has 1 aliphatic carbocycles. The van der Waals surface area contributed by atoms with E-state index in [1.54, 1.807) is 12.4 Å². The number of amides is 1.